The molecular formula is I4LiLu. The molecule has 0 saturated carbocycles. The second-order valence-corrected chi connectivity index (χ2v) is 0. The van der Waals surface area contributed by atoms with Gasteiger partial charge in [0.1, 0.15) is 0 Å². The molecule has 0 nitrogen and oxygen atoms in total. The second-order valence-electron chi connectivity index (χ2n) is 0. The van der Waals surface area contributed by atoms with E-state index in [-0.39, 0.29) is 152 Å². The van der Waals surface area contributed by atoms with Gasteiger partial charge in [-0.25, -0.2) is 0 Å². The molecule has 0 aromatic rings. The predicted octanol–water partition coefficient (Wildman–Crippen LogP) is -15.0. The van der Waals surface area contributed by atoms with Crippen molar-refractivity contribution in [2.45, 2.75) is 0 Å². The van der Waals surface area contributed by atoms with E-state index in [0.717, 1.165) is 0 Å². The van der Waals surface area contributed by atoms with E-state index in [9.17, 15) is 0 Å². The van der Waals surface area contributed by atoms with Crippen LogP contribution in [0.3, 0.4) is 0 Å². The van der Waals surface area contributed by atoms with Gasteiger partial charge >= 0.3 is 55.7 Å². The molecule has 0 aliphatic carbocycles. The Bertz CT molecular complexity index is 7.51. The van der Waals surface area contributed by atoms with Crippen molar-refractivity contribution in [2.24, 2.45) is 0 Å². The summed E-state index contributed by atoms with van der Waals surface area (Å²) in [6, 6.07) is 0. The molecule has 0 amide bonds. The van der Waals surface area contributed by atoms with E-state index in [1.54, 1.807) is 0 Å². The minimum Gasteiger partial charge on any atom is -1.00 e. The van der Waals surface area contributed by atoms with E-state index in [4.69, 9.17) is 0 Å². The van der Waals surface area contributed by atoms with Crippen LogP contribution < -0.4 is 115 Å². The Morgan fingerprint density at radius 3 is 0.500 bits per heavy atom. The molecular weight excluding hydrogens is 690 g/mol. The van der Waals surface area contributed by atoms with Gasteiger partial charge in [0.05, 0.1) is 0 Å². The van der Waals surface area contributed by atoms with Crippen LogP contribution in [0.4, 0.5) is 0 Å². The van der Waals surface area contributed by atoms with Crippen molar-refractivity contribution in [3.63, 3.8) is 0 Å². The number of hydrogen-bond donors (Lipinski definition) is 0. The van der Waals surface area contributed by atoms with Gasteiger partial charge in [-0.05, 0) is 0 Å². The van der Waals surface area contributed by atoms with Gasteiger partial charge in [0, 0.05) is 0 Å². The first-order valence-electron chi connectivity index (χ1n) is 0. The molecule has 0 radical (unpaired) electrons. The monoisotopic (exact) mass is 690 g/mol. The van der Waals surface area contributed by atoms with Gasteiger partial charge in [-0.3, -0.25) is 0 Å². The van der Waals surface area contributed by atoms with Gasteiger partial charge in [-0.1, -0.05) is 0 Å². The van der Waals surface area contributed by atoms with Gasteiger partial charge in [0.2, 0.25) is 0 Å². The van der Waals surface area contributed by atoms with Gasteiger partial charge in [-0.15, -0.1) is 0 Å². The van der Waals surface area contributed by atoms with Crippen LogP contribution >= 0.6 is 0 Å². The molecule has 6 heavy (non-hydrogen) atoms. The summed E-state index contributed by atoms with van der Waals surface area (Å²) in [5, 5.41) is 0. The molecule has 0 unspecified atom stereocenters. The Kier molecular flexibility index (Phi) is 250. The van der Waals surface area contributed by atoms with Crippen molar-refractivity contribution in [3.8, 4) is 0 Å². The van der Waals surface area contributed by atoms with Crippen LogP contribution in [0, 0.1) is 36.9 Å². The Labute approximate surface area is 148 Å². The third-order valence-corrected chi connectivity index (χ3v) is 0. The fourth-order valence-corrected chi connectivity index (χ4v) is 0. The summed E-state index contributed by atoms with van der Waals surface area (Å²) in [7, 11) is 0. The molecule has 0 aromatic carbocycles. The Hall–Kier alpha value is 4.75. The summed E-state index contributed by atoms with van der Waals surface area (Å²) < 4.78 is 0. The summed E-state index contributed by atoms with van der Waals surface area (Å²) in [6.45, 7) is 0. The minimum absolute atomic E-state index is 0. The molecule has 0 bridgehead atoms. The molecule has 0 aromatic heterocycles. The van der Waals surface area contributed by atoms with Crippen LogP contribution in [0.2, 0.25) is 0 Å². The number of halogens is 4. The van der Waals surface area contributed by atoms with E-state index < -0.39 is 0 Å². The van der Waals surface area contributed by atoms with Crippen LogP contribution in [0.5, 0.6) is 0 Å². The molecule has 0 fully saturated rings. The maximum atomic E-state index is 0. The molecule has 0 N–H and O–H groups in total. The van der Waals surface area contributed by atoms with Crippen molar-refractivity contribution in [1.29, 1.82) is 0 Å². The van der Waals surface area contributed by atoms with Gasteiger partial charge in [0.15, 0.2) is 0 Å². The zero-order valence-corrected chi connectivity index (χ0v) is 13.1. The van der Waals surface area contributed by atoms with Crippen LogP contribution in [0.25, 0.3) is 0 Å². The van der Waals surface area contributed by atoms with E-state index in [2.05, 4.69) is 0 Å². The fourth-order valence-electron chi connectivity index (χ4n) is 0. The zero-order chi connectivity index (χ0) is 0. The molecule has 0 rings (SSSR count). The average molecular weight is 690 g/mol. The zero-order valence-electron chi connectivity index (χ0n) is 2.77. The summed E-state index contributed by atoms with van der Waals surface area (Å²) in [5.74, 6) is 0. The number of hydrogen-bond acceptors (Lipinski definition) is 0. The molecule has 0 spiro atoms. The van der Waals surface area contributed by atoms with Gasteiger partial charge in [0.25, 0.3) is 0 Å². The molecule has 0 heterocycles. The largest absolute Gasteiger partial charge is 3.00 e. The Balaban J connectivity index is 0. The smallest absolute Gasteiger partial charge is 1.00 e. The summed E-state index contributed by atoms with van der Waals surface area (Å²) in [5.41, 5.74) is 0. The maximum Gasteiger partial charge on any atom is 3.00 e. The fraction of sp³-hybridized carbons (Fsp3) is 0. The van der Waals surface area contributed by atoms with Crippen molar-refractivity contribution in [3.05, 3.63) is 0 Å². The van der Waals surface area contributed by atoms with E-state index in [1.807, 2.05) is 0 Å². The quantitative estimate of drug-likeness (QED) is 0.175. The van der Waals surface area contributed by atoms with Crippen molar-refractivity contribution < 1.29 is 152 Å². The van der Waals surface area contributed by atoms with Crippen LogP contribution in [-0.2, 0) is 0 Å². The molecule has 6 heteroatoms. The first-order valence-corrected chi connectivity index (χ1v) is 0. The van der Waals surface area contributed by atoms with Crippen LogP contribution in [0.15, 0.2) is 0 Å². The van der Waals surface area contributed by atoms with Gasteiger partial charge < -0.3 is 95.9 Å². The van der Waals surface area contributed by atoms with Crippen LogP contribution in [-0.4, -0.2) is 0 Å². The standard InChI is InChI=1S/4HI.Li.Lu/h4*1H;;/q;;;;+1;+3/p-4. The summed E-state index contributed by atoms with van der Waals surface area (Å²) >= 11 is 0. The van der Waals surface area contributed by atoms with Crippen molar-refractivity contribution >= 4 is 0 Å². The topological polar surface area (TPSA) is 0 Å². The number of rotatable bonds is 0. The van der Waals surface area contributed by atoms with Crippen molar-refractivity contribution in [1.82, 2.24) is 0 Å². The van der Waals surface area contributed by atoms with Gasteiger partial charge in [-0.2, -0.15) is 0 Å². The first kappa shape index (κ1) is 45.3. The van der Waals surface area contributed by atoms with E-state index in [0.29, 0.717) is 0 Å². The third kappa shape index (κ3) is 23.3. The third-order valence-electron chi connectivity index (χ3n) is 0. The molecule has 0 atom stereocenters. The minimum atomic E-state index is 0. The predicted molar refractivity (Wildman–Crippen MR) is 0 cm³/mol. The molecule has 0 saturated heterocycles. The maximum absolute atomic E-state index is 0. The second kappa shape index (κ2) is 33.1. The summed E-state index contributed by atoms with van der Waals surface area (Å²) in [6.07, 6.45) is 0. The van der Waals surface area contributed by atoms with E-state index in [1.165, 1.54) is 0 Å². The molecule has 44 valence electrons. The van der Waals surface area contributed by atoms with E-state index >= 15 is 0 Å². The van der Waals surface area contributed by atoms with Crippen molar-refractivity contribution in [2.75, 3.05) is 0 Å². The summed E-state index contributed by atoms with van der Waals surface area (Å²) in [4.78, 5) is 0. The molecule has 0 aliphatic heterocycles. The average Bonchev–Trinajstić information content (AvgIpc) is 0. The Morgan fingerprint density at radius 1 is 0.500 bits per heavy atom. The van der Waals surface area contributed by atoms with Crippen LogP contribution in [0.1, 0.15) is 0 Å². The normalized spacial score (nSPS) is 0. The molecule has 0 aliphatic rings. The SMILES string of the molecule is [I-].[I-].[I-].[I-].[Li+].[Lu+3]. The Morgan fingerprint density at radius 2 is 0.500 bits per heavy atom. The first-order chi connectivity index (χ1) is 0.